The van der Waals surface area contributed by atoms with Crippen LogP contribution in [0.1, 0.15) is 34.6 Å². The largest absolute Gasteiger partial charge is 0.469 e. The Hall–Kier alpha value is -3.77. The van der Waals surface area contributed by atoms with Crippen LogP contribution >= 0.6 is 0 Å². The summed E-state index contributed by atoms with van der Waals surface area (Å²) < 4.78 is 10.9. The van der Waals surface area contributed by atoms with Crippen LogP contribution in [-0.4, -0.2) is 31.2 Å². The molecule has 3 aromatic carbocycles. The fourth-order valence-corrected chi connectivity index (χ4v) is 4.14. The second-order valence-electron chi connectivity index (χ2n) is 8.12. The molecule has 3 aromatic rings. The van der Waals surface area contributed by atoms with E-state index in [4.69, 9.17) is 9.47 Å². The number of carbonyl (C=O) groups excluding carboxylic acids is 1. The molecule has 0 spiro atoms. The van der Waals surface area contributed by atoms with Gasteiger partial charge in [-0.2, -0.15) is 0 Å². The molecule has 0 N–H and O–H groups in total. The SMILES string of the molecule is COC(=O)C[C@@H]1COC/C(=C\c2ccccc2C)c2ccc(-c3ccc([N+](=O)[O-])cc3)cc21. The Kier molecular flexibility index (Phi) is 6.66. The van der Waals surface area contributed by atoms with E-state index in [1.54, 1.807) is 12.1 Å². The number of ether oxygens (including phenoxy) is 2. The summed E-state index contributed by atoms with van der Waals surface area (Å²) in [5.41, 5.74) is 7.22. The van der Waals surface area contributed by atoms with Crippen molar-refractivity contribution in [3.05, 3.63) is 99.1 Å². The fraction of sp³-hybridized carbons (Fsp3) is 0.222. The molecule has 6 heteroatoms. The minimum absolute atomic E-state index is 0.0499. The molecule has 4 rings (SSSR count). The number of nitro groups is 1. The lowest BCUT2D eigenvalue weighted by atomic mass is 9.86. The van der Waals surface area contributed by atoms with E-state index in [1.807, 2.05) is 18.2 Å². The van der Waals surface area contributed by atoms with E-state index in [0.29, 0.717) is 13.2 Å². The number of carbonyl (C=O) groups is 1. The maximum absolute atomic E-state index is 12.1. The maximum atomic E-state index is 12.1. The molecule has 0 amide bonds. The van der Waals surface area contributed by atoms with Crippen LogP contribution in [0.2, 0.25) is 0 Å². The van der Waals surface area contributed by atoms with Gasteiger partial charge in [-0.15, -0.1) is 0 Å². The minimum atomic E-state index is -0.410. The first-order valence-electron chi connectivity index (χ1n) is 10.8. The van der Waals surface area contributed by atoms with Crippen molar-refractivity contribution in [2.45, 2.75) is 19.3 Å². The zero-order chi connectivity index (χ0) is 23.4. The van der Waals surface area contributed by atoms with Crippen LogP contribution in [-0.2, 0) is 14.3 Å². The molecule has 0 aromatic heterocycles. The predicted molar refractivity (Wildman–Crippen MR) is 128 cm³/mol. The molecule has 33 heavy (non-hydrogen) atoms. The molecule has 1 atom stereocenters. The molecule has 168 valence electrons. The van der Waals surface area contributed by atoms with E-state index in [-0.39, 0.29) is 24.0 Å². The van der Waals surface area contributed by atoms with Gasteiger partial charge < -0.3 is 9.47 Å². The number of rotatable bonds is 5. The summed E-state index contributed by atoms with van der Waals surface area (Å²) in [5, 5.41) is 11.0. The number of nitro benzene ring substituents is 1. The van der Waals surface area contributed by atoms with Gasteiger partial charge in [-0.05, 0) is 64.1 Å². The molecule has 1 aliphatic heterocycles. The molecular weight excluding hydrogens is 418 g/mol. The molecular formula is C27H25NO5. The van der Waals surface area contributed by atoms with E-state index in [9.17, 15) is 14.9 Å². The van der Waals surface area contributed by atoms with Crippen molar-refractivity contribution in [3.8, 4) is 11.1 Å². The van der Waals surface area contributed by atoms with Gasteiger partial charge in [-0.3, -0.25) is 14.9 Å². The van der Waals surface area contributed by atoms with Crippen molar-refractivity contribution < 1.29 is 19.2 Å². The average Bonchev–Trinajstić information content (AvgIpc) is 2.99. The first kappa shape index (κ1) is 22.4. The Morgan fingerprint density at radius 3 is 2.55 bits per heavy atom. The zero-order valence-corrected chi connectivity index (χ0v) is 18.6. The molecule has 0 unspecified atom stereocenters. The van der Waals surface area contributed by atoms with Crippen LogP contribution in [0.3, 0.4) is 0 Å². The summed E-state index contributed by atoms with van der Waals surface area (Å²) in [6.07, 6.45) is 2.35. The standard InChI is InChI=1S/C27H25NO5/c1-18-5-3-4-6-20(18)13-22-16-33-17-23(15-27(29)32-2)26-14-21(9-12-25(22)26)19-7-10-24(11-8-19)28(30)31/h3-14,23H,15-17H2,1-2H3/b22-13+/t23-/m1/s1. The number of benzene rings is 3. The van der Waals surface area contributed by atoms with Crippen molar-refractivity contribution in [1.29, 1.82) is 0 Å². The van der Waals surface area contributed by atoms with Gasteiger partial charge in [-0.25, -0.2) is 0 Å². The van der Waals surface area contributed by atoms with Gasteiger partial charge in [0.25, 0.3) is 5.69 Å². The van der Waals surface area contributed by atoms with Gasteiger partial charge in [0.2, 0.25) is 0 Å². The number of aryl methyl sites for hydroxylation is 1. The lowest BCUT2D eigenvalue weighted by molar-refractivity contribution is -0.384. The van der Waals surface area contributed by atoms with Gasteiger partial charge in [-0.1, -0.05) is 42.5 Å². The minimum Gasteiger partial charge on any atom is -0.469 e. The topological polar surface area (TPSA) is 78.7 Å². The fourth-order valence-electron chi connectivity index (χ4n) is 4.14. The van der Waals surface area contributed by atoms with E-state index in [2.05, 4.69) is 37.3 Å². The Morgan fingerprint density at radius 2 is 1.85 bits per heavy atom. The highest BCUT2D eigenvalue weighted by molar-refractivity contribution is 5.86. The quantitative estimate of drug-likeness (QED) is 0.283. The molecule has 0 aliphatic carbocycles. The summed E-state index contributed by atoms with van der Waals surface area (Å²) in [6.45, 7) is 2.91. The van der Waals surface area contributed by atoms with Crippen LogP contribution in [0, 0.1) is 17.0 Å². The second kappa shape index (κ2) is 9.79. The monoisotopic (exact) mass is 443 g/mol. The van der Waals surface area contributed by atoms with Crippen LogP contribution in [0.15, 0.2) is 66.7 Å². The van der Waals surface area contributed by atoms with Crippen molar-refractivity contribution in [2.24, 2.45) is 0 Å². The molecule has 0 fully saturated rings. The maximum Gasteiger partial charge on any atom is 0.306 e. The third-order valence-electron chi connectivity index (χ3n) is 5.98. The Balaban J connectivity index is 1.81. The lowest BCUT2D eigenvalue weighted by Gasteiger charge is -2.18. The van der Waals surface area contributed by atoms with E-state index >= 15 is 0 Å². The predicted octanol–water partition coefficient (Wildman–Crippen LogP) is 5.79. The van der Waals surface area contributed by atoms with Crippen molar-refractivity contribution in [2.75, 3.05) is 20.3 Å². The van der Waals surface area contributed by atoms with Gasteiger partial charge in [0, 0.05) is 18.1 Å². The highest BCUT2D eigenvalue weighted by atomic mass is 16.6. The van der Waals surface area contributed by atoms with E-state index < -0.39 is 4.92 Å². The smallest absolute Gasteiger partial charge is 0.306 e. The van der Waals surface area contributed by atoms with Gasteiger partial charge in [0.05, 0.1) is 31.7 Å². The molecule has 0 bridgehead atoms. The summed E-state index contributed by atoms with van der Waals surface area (Å²) in [5.74, 6) is -0.449. The van der Waals surface area contributed by atoms with Crippen molar-refractivity contribution in [3.63, 3.8) is 0 Å². The zero-order valence-electron chi connectivity index (χ0n) is 18.6. The Labute approximate surface area is 192 Å². The number of esters is 1. The van der Waals surface area contributed by atoms with Gasteiger partial charge in [0.15, 0.2) is 0 Å². The molecule has 6 nitrogen and oxygen atoms in total. The number of non-ortho nitro benzene ring substituents is 1. The molecule has 1 aliphatic rings. The highest BCUT2D eigenvalue weighted by Crippen LogP contribution is 2.37. The number of nitrogens with zero attached hydrogens (tertiary/aromatic N) is 1. The molecule has 0 saturated carbocycles. The Morgan fingerprint density at radius 1 is 1.12 bits per heavy atom. The first-order chi connectivity index (χ1) is 16.0. The molecule has 0 radical (unpaired) electrons. The number of methoxy groups -OCH3 is 1. The van der Waals surface area contributed by atoms with Crippen LogP contribution in [0.5, 0.6) is 0 Å². The van der Waals surface area contributed by atoms with E-state index in [0.717, 1.165) is 33.4 Å². The van der Waals surface area contributed by atoms with Gasteiger partial charge >= 0.3 is 5.97 Å². The van der Waals surface area contributed by atoms with Crippen LogP contribution in [0.25, 0.3) is 22.8 Å². The normalized spacial score (nSPS) is 16.7. The van der Waals surface area contributed by atoms with Crippen molar-refractivity contribution >= 4 is 23.3 Å². The number of hydrogen-bond donors (Lipinski definition) is 0. The average molecular weight is 443 g/mol. The summed E-state index contributed by atoms with van der Waals surface area (Å²) in [4.78, 5) is 22.7. The van der Waals surface area contributed by atoms with Crippen LogP contribution in [0.4, 0.5) is 5.69 Å². The van der Waals surface area contributed by atoms with E-state index in [1.165, 1.54) is 24.8 Å². The number of hydrogen-bond acceptors (Lipinski definition) is 5. The summed E-state index contributed by atoms with van der Waals surface area (Å²) >= 11 is 0. The third-order valence-corrected chi connectivity index (χ3v) is 5.98. The van der Waals surface area contributed by atoms with Crippen LogP contribution < -0.4 is 0 Å². The second-order valence-corrected chi connectivity index (χ2v) is 8.12. The third kappa shape index (κ3) is 5.02. The Bertz CT molecular complexity index is 1210. The number of fused-ring (bicyclic) bond motifs is 1. The first-order valence-corrected chi connectivity index (χ1v) is 10.8. The molecule has 0 saturated heterocycles. The van der Waals surface area contributed by atoms with Crippen molar-refractivity contribution in [1.82, 2.24) is 0 Å². The lowest BCUT2D eigenvalue weighted by Crippen LogP contribution is -2.13. The molecule has 1 heterocycles. The highest BCUT2D eigenvalue weighted by Gasteiger charge is 2.25. The summed E-state index contributed by atoms with van der Waals surface area (Å²) in [7, 11) is 1.39. The summed E-state index contributed by atoms with van der Waals surface area (Å²) in [6, 6.07) is 20.8. The van der Waals surface area contributed by atoms with Gasteiger partial charge in [0.1, 0.15) is 0 Å².